The number of aromatic nitrogens is 2. The lowest BCUT2D eigenvalue weighted by molar-refractivity contribution is -0.157. The average molecular weight is 416 g/mol. The highest BCUT2D eigenvalue weighted by molar-refractivity contribution is 5.97. The summed E-state index contributed by atoms with van der Waals surface area (Å²) in [5.74, 6) is -1.40. The molecule has 30 heavy (non-hydrogen) atoms. The maximum absolute atomic E-state index is 12.7. The number of nitrogens with zero attached hydrogens (tertiary/aromatic N) is 2. The second-order valence-electron chi connectivity index (χ2n) is 6.81. The molecule has 1 aromatic carbocycles. The molecule has 10 heteroatoms. The van der Waals surface area contributed by atoms with Gasteiger partial charge in [-0.1, -0.05) is 30.3 Å². The fourth-order valence-electron chi connectivity index (χ4n) is 3.29. The van der Waals surface area contributed by atoms with Gasteiger partial charge in [-0.2, -0.15) is 0 Å². The number of anilines is 2. The lowest BCUT2D eigenvalue weighted by atomic mass is 10.2. The molecule has 1 fully saturated rings. The number of nitrogen functional groups attached to an aromatic ring is 1. The fraction of sp³-hybridized carbons (Fsp3) is 0.400. The molecule has 0 bridgehead atoms. The topological polar surface area (TPSA) is 137 Å². The van der Waals surface area contributed by atoms with E-state index in [0.717, 1.165) is 16.9 Å². The number of benzene rings is 1. The lowest BCUT2D eigenvalue weighted by Gasteiger charge is -2.23. The zero-order chi connectivity index (χ0) is 21.7. The first-order chi connectivity index (χ1) is 14.4. The Kier molecular flexibility index (Phi) is 6.68. The molecule has 10 nitrogen and oxygen atoms in total. The molecule has 1 aliphatic heterocycles. The lowest BCUT2D eigenvalue weighted by Crippen LogP contribution is -2.43. The van der Waals surface area contributed by atoms with E-state index in [4.69, 9.17) is 15.2 Å². The minimum Gasteiger partial charge on any atom is -0.454 e. The summed E-state index contributed by atoms with van der Waals surface area (Å²) in [5, 5.41) is 0. The van der Waals surface area contributed by atoms with Crippen LogP contribution in [0.2, 0.25) is 0 Å². The smallest absolute Gasteiger partial charge is 0.335 e. The van der Waals surface area contributed by atoms with Gasteiger partial charge in [-0.3, -0.25) is 19.1 Å². The zero-order valence-corrected chi connectivity index (χ0v) is 16.6. The van der Waals surface area contributed by atoms with Crippen molar-refractivity contribution in [2.24, 2.45) is 0 Å². The molecule has 0 radical (unpaired) electrons. The molecule has 3 rings (SSSR count). The average Bonchev–Trinajstić information content (AvgIpc) is 3.28. The number of rotatable bonds is 7. The van der Waals surface area contributed by atoms with Crippen molar-refractivity contribution in [2.45, 2.75) is 32.4 Å². The Balaban J connectivity index is 1.83. The second kappa shape index (κ2) is 9.40. The fourth-order valence-corrected chi connectivity index (χ4v) is 3.29. The number of aromatic amines is 1. The van der Waals surface area contributed by atoms with E-state index in [0.29, 0.717) is 13.0 Å². The Hall–Kier alpha value is -3.40. The second-order valence-corrected chi connectivity index (χ2v) is 6.81. The Labute approximate surface area is 172 Å². The predicted octanol–water partition coefficient (Wildman–Crippen LogP) is 0.242. The van der Waals surface area contributed by atoms with E-state index in [1.807, 2.05) is 30.3 Å². The summed E-state index contributed by atoms with van der Waals surface area (Å²) >= 11 is 0. The first-order valence-corrected chi connectivity index (χ1v) is 9.67. The van der Waals surface area contributed by atoms with Crippen molar-refractivity contribution in [3.63, 3.8) is 0 Å². The summed E-state index contributed by atoms with van der Waals surface area (Å²) in [7, 11) is 0. The molecule has 3 N–H and O–H groups in total. The first-order valence-electron chi connectivity index (χ1n) is 9.67. The van der Waals surface area contributed by atoms with Crippen molar-refractivity contribution in [1.29, 1.82) is 0 Å². The van der Waals surface area contributed by atoms with E-state index >= 15 is 0 Å². The van der Waals surface area contributed by atoms with E-state index in [1.54, 1.807) is 6.92 Å². The molecule has 0 saturated carbocycles. The van der Waals surface area contributed by atoms with Crippen molar-refractivity contribution < 1.29 is 19.1 Å². The van der Waals surface area contributed by atoms with Crippen LogP contribution in [0.5, 0.6) is 0 Å². The number of ether oxygens (including phenoxy) is 2. The molecule has 160 valence electrons. The first kappa shape index (κ1) is 21.3. The van der Waals surface area contributed by atoms with Gasteiger partial charge in [0.05, 0.1) is 6.54 Å². The maximum Gasteiger partial charge on any atom is 0.335 e. The van der Waals surface area contributed by atoms with E-state index in [9.17, 15) is 19.2 Å². The van der Waals surface area contributed by atoms with Gasteiger partial charge in [-0.25, -0.2) is 9.59 Å². The Morgan fingerprint density at radius 2 is 2.03 bits per heavy atom. The summed E-state index contributed by atoms with van der Waals surface area (Å²) < 4.78 is 11.5. The van der Waals surface area contributed by atoms with Gasteiger partial charge in [-0.05, 0) is 25.3 Å². The van der Waals surface area contributed by atoms with E-state index in [1.165, 1.54) is 4.57 Å². The van der Waals surface area contributed by atoms with E-state index in [2.05, 4.69) is 4.98 Å². The molecule has 1 atom stereocenters. The number of hydrogen-bond donors (Lipinski definition) is 2. The monoisotopic (exact) mass is 416 g/mol. The summed E-state index contributed by atoms with van der Waals surface area (Å²) in [6, 6.07) is 9.08. The molecular formula is C20H24N4O6. The number of hydrogen-bond acceptors (Lipinski definition) is 7. The van der Waals surface area contributed by atoms with Crippen LogP contribution in [0.15, 0.2) is 39.9 Å². The van der Waals surface area contributed by atoms with Crippen LogP contribution >= 0.6 is 0 Å². The van der Waals surface area contributed by atoms with Crippen molar-refractivity contribution >= 4 is 23.4 Å². The van der Waals surface area contributed by atoms with Gasteiger partial charge in [0.2, 0.25) is 0 Å². The van der Waals surface area contributed by atoms with Crippen LogP contribution in [0, 0.1) is 0 Å². The van der Waals surface area contributed by atoms with Gasteiger partial charge < -0.3 is 20.1 Å². The quantitative estimate of drug-likeness (QED) is 0.617. The molecule has 1 aliphatic rings. The van der Waals surface area contributed by atoms with Crippen LogP contribution in [0.4, 0.5) is 11.5 Å². The largest absolute Gasteiger partial charge is 0.454 e. The van der Waals surface area contributed by atoms with E-state index in [-0.39, 0.29) is 24.6 Å². The van der Waals surface area contributed by atoms with Gasteiger partial charge in [0, 0.05) is 13.2 Å². The third-order valence-electron chi connectivity index (χ3n) is 4.82. The van der Waals surface area contributed by atoms with Crippen LogP contribution in [-0.4, -0.2) is 47.3 Å². The molecule has 1 aromatic heterocycles. The molecule has 2 heterocycles. The summed E-state index contributed by atoms with van der Waals surface area (Å²) in [5.41, 5.74) is 5.29. The third-order valence-corrected chi connectivity index (χ3v) is 4.82. The van der Waals surface area contributed by atoms with Crippen molar-refractivity contribution in [1.82, 2.24) is 9.55 Å². The minimum atomic E-state index is -0.789. The Morgan fingerprint density at radius 3 is 2.67 bits per heavy atom. The van der Waals surface area contributed by atoms with Crippen molar-refractivity contribution in [2.75, 3.05) is 30.4 Å². The van der Waals surface area contributed by atoms with Gasteiger partial charge in [0.1, 0.15) is 5.82 Å². The molecule has 0 unspecified atom stereocenters. The molecular weight excluding hydrogens is 392 g/mol. The van der Waals surface area contributed by atoms with Crippen molar-refractivity contribution in [3.05, 3.63) is 56.7 Å². The van der Waals surface area contributed by atoms with Crippen LogP contribution in [-0.2, 0) is 25.6 Å². The van der Waals surface area contributed by atoms with Gasteiger partial charge in [0.25, 0.3) is 11.5 Å². The number of carbonyl (C=O) groups is 2. The molecule has 0 spiro atoms. The number of H-pyrrole nitrogens is 1. The van der Waals surface area contributed by atoms with Crippen LogP contribution in [0.1, 0.15) is 25.3 Å². The zero-order valence-electron chi connectivity index (χ0n) is 16.6. The van der Waals surface area contributed by atoms with Crippen LogP contribution in [0.3, 0.4) is 0 Å². The van der Waals surface area contributed by atoms with Gasteiger partial charge >= 0.3 is 11.7 Å². The number of likely N-dealkylation sites (N-methyl/N-ethyl adjacent to an activating group) is 1. The normalized spacial score (nSPS) is 15.7. The Morgan fingerprint density at radius 1 is 1.30 bits per heavy atom. The number of nitrogens with two attached hydrogens (primary N) is 1. The minimum absolute atomic E-state index is 0.0904. The SMILES string of the molecule is CCN(C(=O)COC(=O)[C@H]1CCCO1)c1c(N)n(Cc2ccccc2)c(=O)[nH]c1=O. The number of amides is 1. The molecule has 0 aliphatic carbocycles. The van der Waals surface area contributed by atoms with Crippen molar-refractivity contribution in [3.8, 4) is 0 Å². The highest BCUT2D eigenvalue weighted by Gasteiger charge is 2.28. The third kappa shape index (κ3) is 4.60. The highest BCUT2D eigenvalue weighted by Crippen LogP contribution is 2.18. The summed E-state index contributed by atoms with van der Waals surface area (Å²) in [6.45, 7) is 1.76. The van der Waals surface area contributed by atoms with E-state index < -0.39 is 35.8 Å². The molecule has 1 amide bonds. The maximum atomic E-state index is 12.7. The Bertz CT molecular complexity index is 1020. The molecule has 1 saturated heterocycles. The van der Waals surface area contributed by atoms with Crippen LogP contribution < -0.4 is 21.9 Å². The standard InChI is InChI=1S/C20H24N4O6/c1-2-23(15(25)12-30-19(27)14-9-6-10-29-14)16-17(21)24(20(28)22-18(16)26)11-13-7-4-3-5-8-13/h3-5,7-8,14H,2,6,9-12,21H2,1H3,(H,22,26,28)/t14-/m1/s1. The van der Waals surface area contributed by atoms with Gasteiger partial charge in [-0.15, -0.1) is 0 Å². The summed E-state index contributed by atoms with van der Waals surface area (Å²) in [6.07, 6.45) is 0.625. The predicted molar refractivity (Wildman–Crippen MR) is 109 cm³/mol. The number of nitrogens with one attached hydrogen (secondary N) is 1. The number of carbonyl (C=O) groups excluding carboxylic acids is 2. The summed E-state index contributed by atoms with van der Waals surface area (Å²) in [4.78, 5) is 52.7. The van der Waals surface area contributed by atoms with Gasteiger partial charge in [0.15, 0.2) is 18.4 Å². The van der Waals surface area contributed by atoms with Crippen LogP contribution in [0.25, 0.3) is 0 Å². The highest BCUT2D eigenvalue weighted by atomic mass is 16.6. The molecule has 2 aromatic rings. The number of esters is 1.